The van der Waals surface area contributed by atoms with Crippen molar-refractivity contribution in [2.24, 2.45) is 0 Å². The van der Waals surface area contributed by atoms with Crippen LogP contribution in [0.3, 0.4) is 0 Å². The van der Waals surface area contributed by atoms with Crippen LogP contribution >= 0.6 is 37.4 Å². The SMILES string of the molecule is O=P(c1ccccc1)(c1ccccc1)N(I)P(=O)(c1ccccc1)c1ccccc1. The molecular formula is C24H20INO2P2. The summed E-state index contributed by atoms with van der Waals surface area (Å²) in [5, 5.41) is 2.60. The van der Waals surface area contributed by atoms with Crippen molar-refractivity contribution in [3.8, 4) is 0 Å². The number of benzene rings is 4. The Labute approximate surface area is 191 Å². The van der Waals surface area contributed by atoms with Crippen LogP contribution in [-0.2, 0) is 9.13 Å². The van der Waals surface area contributed by atoms with E-state index in [-0.39, 0.29) is 0 Å². The maximum atomic E-state index is 14.9. The lowest BCUT2D eigenvalue weighted by Crippen LogP contribution is -2.31. The molecule has 0 spiro atoms. The smallest absolute Gasteiger partial charge is 0.222 e. The first-order chi connectivity index (χ1) is 14.6. The molecule has 0 aliphatic heterocycles. The Kier molecular flexibility index (Phi) is 6.40. The van der Waals surface area contributed by atoms with E-state index in [9.17, 15) is 9.13 Å². The zero-order valence-corrected chi connectivity index (χ0v) is 20.0. The molecule has 4 rings (SSSR count). The fourth-order valence-corrected chi connectivity index (χ4v) is 12.7. The lowest BCUT2D eigenvalue weighted by atomic mass is 10.4. The van der Waals surface area contributed by atoms with Gasteiger partial charge in [0.05, 0.1) is 0 Å². The molecule has 30 heavy (non-hydrogen) atoms. The molecule has 0 saturated heterocycles. The van der Waals surface area contributed by atoms with E-state index in [1.807, 2.05) is 144 Å². The molecule has 0 N–H and O–H groups in total. The third kappa shape index (κ3) is 3.74. The van der Waals surface area contributed by atoms with Crippen LogP contribution in [0.4, 0.5) is 0 Å². The van der Waals surface area contributed by atoms with Crippen molar-refractivity contribution >= 4 is 58.7 Å². The second-order valence-electron chi connectivity index (χ2n) is 6.73. The van der Waals surface area contributed by atoms with Gasteiger partial charge in [-0.1, -0.05) is 72.8 Å². The van der Waals surface area contributed by atoms with Crippen molar-refractivity contribution in [2.75, 3.05) is 0 Å². The topological polar surface area (TPSA) is 37.4 Å². The van der Waals surface area contributed by atoms with Crippen LogP contribution in [0, 0.1) is 0 Å². The van der Waals surface area contributed by atoms with Crippen LogP contribution in [0.5, 0.6) is 0 Å². The molecule has 0 atom stereocenters. The van der Waals surface area contributed by atoms with Crippen molar-refractivity contribution in [1.82, 2.24) is 2.65 Å². The van der Waals surface area contributed by atoms with Crippen LogP contribution in [0.2, 0.25) is 0 Å². The summed E-state index contributed by atoms with van der Waals surface area (Å²) >= 11 is 2.02. The summed E-state index contributed by atoms with van der Waals surface area (Å²) in [5.74, 6) is 0. The summed E-state index contributed by atoms with van der Waals surface area (Å²) in [7, 11) is -6.82. The highest BCUT2D eigenvalue weighted by atomic mass is 127. The summed E-state index contributed by atoms with van der Waals surface area (Å²) in [4.78, 5) is 0. The number of rotatable bonds is 6. The quantitative estimate of drug-likeness (QED) is 0.183. The minimum atomic E-state index is -3.41. The summed E-state index contributed by atoms with van der Waals surface area (Å²) < 4.78 is 31.3. The highest BCUT2D eigenvalue weighted by Crippen LogP contribution is 2.66. The van der Waals surface area contributed by atoms with Gasteiger partial charge in [0, 0.05) is 44.1 Å². The fourth-order valence-electron chi connectivity index (χ4n) is 3.38. The maximum Gasteiger partial charge on any atom is 0.222 e. The van der Waals surface area contributed by atoms with E-state index in [1.165, 1.54) is 0 Å². The Hall–Kier alpha value is -1.97. The van der Waals surface area contributed by atoms with Gasteiger partial charge in [-0.15, -0.1) is 2.65 Å². The van der Waals surface area contributed by atoms with Gasteiger partial charge in [0.1, 0.15) is 0 Å². The molecule has 6 heteroatoms. The molecule has 0 fully saturated rings. The van der Waals surface area contributed by atoms with Crippen molar-refractivity contribution in [3.05, 3.63) is 121 Å². The lowest BCUT2D eigenvalue weighted by Gasteiger charge is -2.34. The Morgan fingerprint density at radius 2 is 0.633 bits per heavy atom. The first-order valence-corrected chi connectivity index (χ1v) is 13.8. The van der Waals surface area contributed by atoms with Crippen molar-refractivity contribution in [3.63, 3.8) is 0 Å². The van der Waals surface area contributed by atoms with E-state index in [4.69, 9.17) is 0 Å². The molecule has 150 valence electrons. The molecule has 0 amide bonds. The molecule has 0 radical (unpaired) electrons. The monoisotopic (exact) mass is 543 g/mol. The van der Waals surface area contributed by atoms with Gasteiger partial charge in [-0.25, -0.2) is 0 Å². The number of halogens is 1. The maximum absolute atomic E-state index is 14.9. The summed E-state index contributed by atoms with van der Waals surface area (Å²) in [6.07, 6.45) is 0. The molecule has 3 nitrogen and oxygen atoms in total. The molecule has 0 aliphatic rings. The Balaban J connectivity index is 2.01. The molecule has 0 aliphatic carbocycles. The zero-order valence-electron chi connectivity index (χ0n) is 16.1. The Bertz CT molecular complexity index is 1020. The molecule has 4 aromatic rings. The molecule has 0 aromatic heterocycles. The summed E-state index contributed by atoms with van der Waals surface area (Å²) in [5.41, 5.74) is 0. The third-order valence-corrected chi connectivity index (χ3v) is 15.0. The predicted octanol–water partition coefficient (Wildman–Crippen LogP) is 5.50. The number of hydrogen-bond donors (Lipinski definition) is 0. The van der Waals surface area contributed by atoms with Gasteiger partial charge < -0.3 is 0 Å². The van der Waals surface area contributed by atoms with Gasteiger partial charge >= 0.3 is 0 Å². The average molecular weight is 543 g/mol. The van der Waals surface area contributed by atoms with Crippen molar-refractivity contribution < 1.29 is 9.13 Å². The lowest BCUT2D eigenvalue weighted by molar-refractivity contribution is 0.563. The number of hydrogen-bond acceptors (Lipinski definition) is 2. The van der Waals surface area contributed by atoms with E-state index < -0.39 is 14.6 Å². The van der Waals surface area contributed by atoms with Gasteiger partial charge in [0.15, 0.2) is 0 Å². The van der Waals surface area contributed by atoms with E-state index in [2.05, 4.69) is 0 Å². The van der Waals surface area contributed by atoms with Gasteiger partial charge in [0.25, 0.3) is 0 Å². The van der Waals surface area contributed by atoms with Gasteiger partial charge in [-0.05, 0) is 48.5 Å². The highest BCUT2D eigenvalue weighted by molar-refractivity contribution is 14.1. The minimum absolute atomic E-state index is 0.651. The molecule has 0 bridgehead atoms. The van der Waals surface area contributed by atoms with Gasteiger partial charge in [0.2, 0.25) is 14.6 Å². The largest absolute Gasteiger partial charge is 0.295 e. The molecule has 4 aromatic carbocycles. The van der Waals surface area contributed by atoms with E-state index in [1.54, 1.807) is 2.65 Å². The normalized spacial score (nSPS) is 12.1. The predicted molar refractivity (Wildman–Crippen MR) is 135 cm³/mol. The van der Waals surface area contributed by atoms with Gasteiger partial charge in [-0.3, -0.25) is 9.13 Å². The summed E-state index contributed by atoms with van der Waals surface area (Å²) in [6, 6.07) is 37.3. The number of nitrogens with zero attached hydrogens (tertiary/aromatic N) is 1. The standard InChI is InChI=1S/C24H20INO2P2/c25-26(29(27,21-13-5-1-6-14-21)22-15-7-2-8-16-22)30(28,23-17-9-3-10-18-23)24-19-11-4-12-20-24/h1-20H. The highest BCUT2D eigenvalue weighted by Gasteiger charge is 2.46. The van der Waals surface area contributed by atoms with Crippen LogP contribution in [-0.4, -0.2) is 2.65 Å². The molecule has 0 unspecified atom stereocenters. The molecule has 0 saturated carbocycles. The Morgan fingerprint density at radius 3 is 0.833 bits per heavy atom. The Morgan fingerprint density at radius 1 is 0.433 bits per heavy atom. The second kappa shape index (κ2) is 9.03. The van der Waals surface area contributed by atoms with Crippen LogP contribution < -0.4 is 21.2 Å². The summed E-state index contributed by atoms with van der Waals surface area (Å²) in [6.45, 7) is 0. The minimum Gasteiger partial charge on any atom is -0.295 e. The van der Waals surface area contributed by atoms with E-state index in [0.29, 0.717) is 21.2 Å². The van der Waals surface area contributed by atoms with Crippen LogP contribution in [0.15, 0.2) is 121 Å². The first-order valence-electron chi connectivity index (χ1n) is 9.47. The fraction of sp³-hybridized carbons (Fsp3) is 0. The van der Waals surface area contributed by atoms with Crippen LogP contribution in [0.1, 0.15) is 0 Å². The zero-order chi connectivity index (χ0) is 21.0. The second-order valence-corrected chi connectivity index (χ2v) is 14.7. The molecular weight excluding hydrogens is 523 g/mol. The average Bonchev–Trinajstić information content (AvgIpc) is 2.84. The van der Waals surface area contributed by atoms with Gasteiger partial charge in [-0.2, -0.15) is 0 Å². The van der Waals surface area contributed by atoms with Crippen LogP contribution in [0.25, 0.3) is 0 Å². The van der Waals surface area contributed by atoms with Crippen molar-refractivity contribution in [2.45, 2.75) is 0 Å². The van der Waals surface area contributed by atoms with E-state index in [0.717, 1.165) is 0 Å². The molecule has 0 heterocycles. The third-order valence-electron chi connectivity index (χ3n) is 4.89. The van der Waals surface area contributed by atoms with E-state index >= 15 is 0 Å². The first kappa shape index (κ1) is 21.3. The van der Waals surface area contributed by atoms with Crippen molar-refractivity contribution in [1.29, 1.82) is 0 Å².